The van der Waals surface area contributed by atoms with Crippen LogP contribution in [0.2, 0.25) is 0 Å². The Balaban J connectivity index is 2.25. The smallest absolute Gasteiger partial charge is 0.301 e. The molecule has 2 atom stereocenters. The first-order chi connectivity index (χ1) is 8.61. The largest absolute Gasteiger partial charge is 0.481 e. The highest BCUT2D eigenvalue weighted by molar-refractivity contribution is 8.00. The van der Waals surface area contributed by atoms with Crippen LogP contribution in [0.5, 0.6) is 5.88 Å². The van der Waals surface area contributed by atoms with Crippen molar-refractivity contribution >= 4 is 17.4 Å². The van der Waals surface area contributed by atoms with Gasteiger partial charge in [0.2, 0.25) is 5.88 Å². The van der Waals surface area contributed by atoms with Crippen molar-refractivity contribution in [2.75, 3.05) is 13.7 Å². The fourth-order valence-electron chi connectivity index (χ4n) is 1.77. The molecule has 18 heavy (non-hydrogen) atoms. The van der Waals surface area contributed by atoms with Gasteiger partial charge in [-0.15, -0.1) is 0 Å². The van der Waals surface area contributed by atoms with Gasteiger partial charge in [0.1, 0.15) is 0 Å². The van der Waals surface area contributed by atoms with Crippen LogP contribution in [0.3, 0.4) is 0 Å². The maximum absolute atomic E-state index is 11.0. The molecule has 0 radical (unpaired) electrons. The Bertz CT molecular complexity index is 455. The summed E-state index contributed by atoms with van der Waals surface area (Å²) in [6, 6.07) is 2.92. The molecule has 1 aromatic rings. The van der Waals surface area contributed by atoms with E-state index in [9.17, 15) is 10.1 Å². The maximum Gasteiger partial charge on any atom is 0.301 e. The molecule has 0 amide bonds. The SMILES string of the molecule is COc1ccc([N+](=O)[O-])c(SC2CCOC2C)n1. The molecule has 0 saturated carbocycles. The second-order valence-corrected chi connectivity index (χ2v) is 5.18. The number of rotatable bonds is 4. The molecule has 1 aliphatic heterocycles. The molecule has 1 saturated heterocycles. The van der Waals surface area contributed by atoms with Crippen molar-refractivity contribution in [2.45, 2.75) is 29.7 Å². The third-order valence-electron chi connectivity index (χ3n) is 2.79. The Labute approximate surface area is 109 Å². The Morgan fingerprint density at radius 2 is 2.39 bits per heavy atom. The summed E-state index contributed by atoms with van der Waals surface area (Å²) in [4.78, 5) is 14.7. The number of nitrogens with zero attached hydrogens (tertiary/aromatic N) is 2. The number of methoxy groups -OCH3 is 1. The Morgan fingerprint density at radius 1 is 1.61 bits per heavy atom. The van der Waals surface area contributed by atoms with Gasteiger partial charge in [-0.2, -0.15) is 4.98 Å². The minimum atomic E-state index is -0.421. The number of hydrogen-bond acceptors (Lipinski definition) is 6. The van der Waals surface area contributed by atoms with Crippen molar-refractivity contribution < 1.29 is 14.4 Å². The first-order valence-corrected chi connectivity index (χ1v) is 6.47. The Morgan fingerprint density at radius 3 is 2.94 bits per heavy atom. The molecule has 0 spiro atoms. The van der Waals surface area contributed by atoms with E-state index in [0.29, 0.717) is 17.5 Å². The number of aromatic nitrogens is 1. The first-order valence-electron chi connectivity index (χ1n) is 5.59. The summed E-state index contributed by atoms with van der Waals surface area (Å²) >= 11 is 1.39. The number of pyridine rings is 1. The van der Waals surface area contributed by atoms with Gasteiger partial charge < -0.3 is 9.47 Å². The molecule has 2 unspecified atom stereocenters. The molecule has 0 aliphatic carbocycles. The standard InChI is InChI=1S/C11H14N2O4S/c1-7-9(5-6-17-7)18-11-8(13(14)15)3-4-10(12-11)16-2/h3-4,7,9H,5-6H2,1-2H3. The minimum Gasteiger partial charge on any atom is -0.481 e. The molecule has 1 aromatic heterocycles. The summed E-state index contributed by atoms with van der Waals surface area (Å²) in [7, 11) is 1.49. The first kappa shape index (κ1) is 13.1. The van der Waals surface area contributed by atoms with Gasteiger partial charge in [0, 0.05) is 24.0 Å². The van der Waals surface area contributed by atoms with Crippen LogP contribution < -0.4 is 4.74 Å². The van der Waals surface area contributed by atoms with Crippen molar-refractivity contribution in [1.29, 1.82) is 0 Å². The van der Waals surface area contributed by atoms with E-state index in [-0.39, 0.29) is 17.0 Å². The topological polar surface area (TPSA) is 74.5 Å². The highest BCUT2D eigenvalue weighted by Crippen LogP contribution is 2.37. The molecule has 7 heteroatoms. The lowest BCUT2D eigenvalue weighted by molar-refractivity contribution is -0.388. The second kappa shape index (κ2) is 5.53. The number of hydrogen-bond donors (Lipinski definition) is 0. The van der Waals surface area contributed by atoms with E-state index in [1.807, 2.05) is 6.92 Å². The molecule has 2 rings (SSSR count). The van der Waals surface area contributed by atoms with Crippen LogP contribution >= 0.6 is 11.8 Å². The molecule has 2 heterocycles. The summed E-state index contributed by atoms with van der Waals surface area (Å²) in [5, 5.41) is 11.5. The Hall–Kier alpha value is -1.34. The van der Waals surface area contributed by atoms with Crippen molar-refractivity contribution in [3.63, 3.8) is 0 Å². The van der Waals surface area contributed by atoms with E-state index >= 15 is 0 Å². The molecule has 0 N–H and O–H groups in total. The van der Waals surface area contributed by atoms with Gasteiger partial charge in [0.05, 0.1) is 18.1 Å². The Kier molecular flexibility index (Phi) is 4.03. The fourth-order valence-corrected chi connectivity index (χ4v) is 2.94. The predicted molar refractivity (Wildman–Crippen MR) is 67.1 cm³/mol. The lowest BCUT2D eigenvalue weighted by Crippen LogP contribution is -2.13. The van der Waals surface area contributed by atoms with Crippen molar-refractivity contribution in [1.82, 2.24) is 4.98 Å². The zero-order chi connectivity index (χ0) is 13.1. The molecule has 1 fully saturated rings. The van der Waals surface area contributed by atoms with Gasteiger partial charge in [-0.05, 0) is 13.3 Å². The van der Waals surface area contributed by atoms with E-state index < -0.39 is 4.92 Å². The average molecular weight is 270 g/mol. The van der Waals surface area contributed by atoms with Gasteiger partial charge in [-0.1, -0.05) is 11.8 Å². The van der Waals surface area contributed by atoms with Crippen LogP contribution in [-0.2, 0) is 4.74 Å². The van der Waals surface area contributed by atoms with E-state index in [2.05, 4.69) is 4.98 Å². The van der Waals surface area contributed by atoms with Crippen LogP contribution in [0.15, 0.2) is 17.2 Å². The van der Waals surface area contributed by atoms with Crippen LogP contribution in [0.25, 0.3) is 0 Å². The van der Waals surface area contributed by atoms with Crippen molar-refractivity contribution in [3.8, 4) is 5.88 Å². The fraction of sp³-hybridized carbons (Fsp3) is 0.545. The molecule has 0 aromatic carbocycles. The quantitative estimate of drug-likeness (QED) is 0.617. The third kappa shape index (κ3) is 2.73. The predicted octanol–water partition coefficient (Wildman–Crippen LogP) is 2.27. The molecule has 1 aliphatic rings. The normalized spacial score (nSPS) is 23.0. The van der Waals surface area contributed by atoms with Crippen LogP contribution in [0.4, 0.5) is 5.69 Å². The zero-order valence-electron chi connectivity index (χ0n) is 10.2. The third-order valence-corrected chi connectivity index (χ3v) is 4.24. The zero-order valence-corrected chi connectivity index (χ0v) is 11.0. The van der Waals surface area contributed by atoms with E-state index in [1.165, 1.54) is 31.0 Å². The monoisotopic (exact) mass is 270 g/mol. The molecular weight excluding hydrogens is 256 g/mol. The van der Waals surface area contributed by atoms with Crippen LogP contribution in [-0.4, -0.2) is 35.0 Å². The highest BCUT2D eigenvalue weighted by atomic mass is 32.2. The molecule has 98 valence electrons. The van der Waals surface area contributed by atoms with Crippen molar-refractivity contribution in [3.05, 3.63) is 22.2 Å². The number of thioether (sulfide) groups is 1. The summed E-state index contributed by atoms with van der Waals surface area (Å²) in [6.45, 7) is 2.66. The van der Waals surface area contributed by atoms with Gasteiger partial charge in [0.25, 0.3) is 0 Å². The van der Waals surface area contributed by atoms with Crippen LogP contribution in [0, 0.1) is 10.1 Å². The van der Waals surface area contributed by atoms with Gasteiger partial charge in [-0.3, -0.25) is 10.1 Å². The number of ether oxygens (including phenoxy) is 2. The molecule has 0 bridgehead atoms. The van der Waals surface area contributed by atoms with Gasteiger partial charge >= 0.3 is 5.69 Å². The lowest BCUT2D eigenvalue weighted by Gasteiger charge is -2.13. The second-order valence-electron chi connectivity index (χ2n) is 3.96. The highest BCUT2D eigenvalue weighted by Gasteiger charge is 2.29. The number of nitro groups is 1. The average Bonchev–Trinajstić information content (AvgIpc) is 2.74. The van der Waals surface area contributed by atoms with Gasteiger partial charge in [0.15, 0.2) is 5.03 Å². The van der Waals surface area contributed by atoms with E-state index in [0.717, 1.165) is 6.42 Å². The summed E-state index contributed by atoms with van der Waals surface area (Å²) < 4.78 is 10.4. The summed E-state index contributed by atoms with van der Waals surface area (Å²) in [5.74, 6) is 0.384. The van der Waals surface area contributed by atoms with Gasteiger partial charge in [-0.25, -0.2) is 0 Å². The minimum absolute atomic E-state index is 0.0138. The maximum atomic E-state index is 11.0. The lowest BCUT2D eigenvalue weighted by atomic mass is 10.3. The van der Waals surface area contributed by atoms with E-state index in [4.69, 9.17) is 9.47 Å². The summed E-state index contributed by atoms with van der Waals surface area (Å²) in [5.41, 5.74) is 0.0138. The van der Waals surface area contributed by atoms with E-state index in [1.54, 1.807) is 0 Å². The summed E-state index contributed by atoms with van der Waals surface area (Å²) in [6.07, 6.45) is 0.963. The molecular formula is C11H14N2O4S. The van der Waals surface area contributed by atoms with Crippen LogP contribution in [0.1, 0.15) is 13.3 Å². The van der Waals surface area contributed by atoms with Crippen molar-refractivity contribution in [2.24, 2.45) is 0 Å². The molecule has 6 nitrogen and oxygen atoms in total.